The van der Waals surface area contributed by atoms with Crippen molar-refractivity contribution in [2.24, 2.45) is 47.3 Å². The third-order valence-electron chi connectivity index (χ3n) is 13.0. The number of rotatable bonds is 32. The lowest BCUT2D eigenvalue weighted by Crippen LogP contribution is -2.61. The van der Waals surface area contributed by atoms with E-state index >= 15 is 0 Å². The van der Waals surface area contributed by atoms with Crippen LogP contribution in [0.3, 0.4) is 0 Å². The molecule has 12 nitrogen and oxygen atoms in total. The Morgan fingerprint density at radius 1 is 0.661 bits per heavy atom. The van der Waals surface area contributed by atoms with Crippen molar-refractivity contribution in [2.75, 3.05) is 50.5 Å². The fourth-order valence-corrected chi connectivity index (χ4v) is 12.2. The number of anilines is 2. The van der Waals surface area contributed by atoms with E-state index in [9.17, 15) is 9.46 Å². The zero-order valence-corrected chi connectivity index (χ0v) is 45.0. The van der Waals surface area contributed by atoms with E-state index in [0.717, 1.165) is 70.3 Å². The van der Waals surface area contributed by atoms with E-state index in [0.29, 0.717) is 58.2 Å². The van der Waals surface area contributed by atoms with E-state index in [1.54, 1.807) is 0 Å². The van der Waals surface area contributed by atoms with Gasteiger partial charge in [-0.15, -0.1) is 0 Å². The van der Waals surface area contributed by atoms with Crippen molar-refractivity contribution >= 4 is 62.7 Å². The Balaban J connectivity index is 2.76. The lowest BCUT2D eigenvalue weighted by Gasteiger charge is -2.52. The highest BCUT2D eigenvalue weighted by Gasteiger charge is 2.54. The lowest BCUT2D eigenvalue weighted by atomic mass is 9.64. The summed E-state index contributed by atoms with van der Waals surface area (Å²) in [5.74, 6) is 3.71. The molecule has 0 fully saturated rings. The van der Waals surface area contributed by atoms with Gasteiger partial charge < -0.3 is 44.8 Å². The van der Waals surface area contributed by atoms with Gasteiger partial charge in [-0.2, -0.15) is 0 Å². The summed E-state index contributed by atoms with van der Waals surface area (Å²) in [4.78, 5) is 9.26. The van der Waals surface area contributed by atoms with E-state index in [4.69, 9.17) is 42.2 Å². The van der Waals surface area contributed by atoms with Crippen molar-refractivity contribution in [1.82, 2.24) is 16.0 Å². The number of hydrogen-bond donors (Lipinski definition) is 6. The van der Waals surface area contributed by atoms with Gasteiger partial charge in [-0.25, -0.2) is 4.57 Å². The van der Waals surface area contributed by atoms with Crippen molar-refractivity contribution < 1.29 is 31.8 Å². The largest absolute Gasteiger partial charge is 0.503 e. The molecule has 0 aliphatic heterocycles. The van der Waals surface area contributed by atoms with Crippen molar-refractivity contribution in [3.63, 3.8) is 0 Å². The minimum absolute atomic E-state index is 0.0332. The monoisotopic (exact) mass is 948 g/mol. The van der Waals surface area contributed by atoms with E-state index in [-0.39, 0.29) is 30.7 Å². The number of phosphoric ester groups is 1. The normalized spacial score (nSPS) is 17.2. The topological polar surface area (TPSA) is 144 Å². The second kappa shape index (κ2) is 29.4. The van der Waals surface area contributed by atoms with Crippen LogP contribution >= 0.6 is 32.3 Å². The van der Waals surface area contributed by atoms with Crippen LogP contribution in [0.15, 0.2) is 24.3 Å². The number of nitrogens with one attached hydrogen (secondary N) is 5. The Hall–Kier alpha value is -1.23. The lowest BCUT2D eigenvalue weighted by molar-refractivity contribution is -0.125. The van der Waals surface area contributed by atoms with E-state index in [1.807, 2.05) is 24.3 Å². The molecule has 6 N–H and O–H groups in total. The molecule has 0 amide bonds. The quantitative estimate of drug-likeness (QED) is 0.0176. The molecule has 0 spiro atoms. The molecule has 0 saturated heterocycles. The molecule has 7 atom stereocenters. The molecule has 0 aliphatic rings. The number of unbranched alkanes of at least 4 members (excludes halogenated alkanes) is 3. The highest BCUT2D eigenvalue weighted by molar-refractivity contribution is 7.80. The summed E-state index contributed by atoms with van der Waals surface area (Å²) in [5.41, 5.74) is 1.29. The molecule has 1 rings (SSSR count). The Kier molecular flexibility index (Phi) is 27.9. The van der Waals surface area contributed by atoms with Gasteiger partial charge in [0.1, 0.15) is 0 Å². The Morgan fingerprint density at radius 2 is 1.10 bits per heavy atom. The standard InChI is InChI=1S/C46H90N5O7PS2Si/c1-32(2)36(9)38(11)40(13)46(15,41(14)39(12)37(10)33(3)4)58-62(56-34(5)6,57-35(7)8)31-29-47-26-21-28-49-45(61)51-43-24-22-42(23-25-43)50-44(60)48-27-19-17-18-20-30-55-59(52,53)54-16/h22-25,32-41,47H,17-21,26-31H2,1-16H3,(H,52,53)(H2,48,50,60)(H2,49,51,61). The Morgan fingerprint density at radius 3 is 1.52 bits per heavy atom. The van der Waals surface area contributed by atoms with Gasteiger partial charge >= 0.3 is 16.6 Å². The summed E-state index contributed by atoms with van der Waals surface area (Å²) in [6, 6.07) is 8.50. The van der Waals surface area contributed by atoms with Crippen LogP contribution in [-0.2, 0) is 26.9 Å². The van der Waals surface area contributed by atoms with Crippen LogP contribution in [0.5, 0.6) is 0 Å². The maximum atomic E-state index is 11.3. The summed E-state index contributed by atoms with van der Waals surface area (Å²) in [6.45, 7) is 37.7. The molecule has 0 radical (unpaired) electrons. The van der Waals surface area contributed by atoms with Crippen LogP contribution in [0.4, 0.5) is 11.4 Å². The van der Waals surface area contributed by atoms with E-state index < -0.39 is 22.2 Å². The summed E-state index contributed by atoms with van der Waals surface area (Å²) in [7, 11) is -5.94. The van der Waals surface area contributed by atoms with Gasteiger partial charge in [0, 0.05) is 49.8 Å². The molecule has 1 aromatic carbocycles. The van der Waals surface area contributed by atoms with Crippen LogP contribution in [0, 0.1) is 47.3 Å². The van der Waals surface area contributed by atoms with Crippen molar-refractivity contribution in [1.29, 1.82) is 0 Å². The molecule has 0 saturated carbocycles. The summed E-state index contributed by atoms with van der Waals surface area (Å²) in [6.07, 6.45) is 4.24. The average Bonchev–Trinajstić information content (AvgIpc) is 3.19. The van der Waals surface area contributed by atoms with Crippen molar-refractivity contribution in [2.45, 2.75) is 160 Å². The molecule has 0 aliphatic carbocycles. The molecule has 62 heavy (non-hydrogen) atoms. The second-order valence-electron chi connectivity index (χ2n) is 18.9. The summed E-state index contributed by atoms with van der Waals surface area (Å²) >= 11 is 11.1. The van der Waals surface area contributed by atoms with Gasteiger partial charge in [-0.05, 0) is 163 Å². The number of phosphoric acid groups is 1. The van der Waals surface area contributed by atoms with E-state index in [1.165, 1.54) is 0 Å². The number of benzene rings is 1. The molecule has 16 heteroatoms. The fraction of sp³-hybridized carbons (Fsp3) is 0.826. The van der Waals surface area contributed by atoms with Gasteiger partial charge in [0.2, 0.25) is 0 Å². The first-order chi connectivity index (χ1) is 28.9. The molecule has 1 aromatic rings. The van der Waals surface area contributed by atoms with Crippen LogP contribution in [0.25, 0.3) is 0 Å². The molecule has 0 heterocycles. The minimum atomic E-state index is -3.89. The molecule has 0 bridgehead atoms. The van der Waals surface area contributed by atoms with Gasteiger partial charge in [-0.3, -0.25) is 9.05 Å². The van der Waals surface area contributed by atoms with E-state index in [2.05, 4.69) is 135 Å². The van der Waals surface area contributed by atoms with Crippen LogP contribution in [-0.4, -0.2) is 81.6 Å². The zero-order valence-electron chi connectivity index (χ0n) is 41.5. The number of thiocarbonyl (C=S) groups is 2. The molecular weight excluding hydrogens is 858 g/mol. The second-order valence-corrected chi connectivity index (χ2v) is 23.8. The van der Waals surface area contributed by atoms with Gasteiger partial charge in [0.25, 0.3) is 0 Å². The Bertz CT molecular complexity index is 1430. The van der Waals surface area contributed by atoms with Crippen LogP contribution in [0.1, 0.15) is 136 Å². The van der Waals surface area contributed by atoms with Crippen LogP contribution in [0.2, 0.25) is 6.04 Å². The molecule has 0 aromatic heterocycles. The SMILES string of the molecule is COP(=O)(O)OCCCCCCNC(=S)Nc1ccc(NC(=S)NCCCNCC[Si](OC(C)C)(OC(C)C)OC(C)(C(C)C(C)C(C)C(C)C)C(C)C(C)C(C)C(C)C)cc1. The van der Waals surface area contributed by atoms with Gasteiger partial charge in [-0.1, -0.05) is 82.1 Å². The maximum Gasteiger partial charge on any atom is 0.503 e. The van der Waals surface area contributed by atoms with Gasteiger partial charge in [0.05, 0.1) is 12.2 Å². The van der Waals surface area contributed by atoms with Crippen LogP contribution < -0.4 is 26.6 Å². The Labute approximate surface area is 390 Å². The molecule has 7 unspecified atom stereocenters. The first-order valence-corrected chi connectivity index (χ1v) is 27.6. The third-order valence-corrected chi connectivity index (χ3v) is 17.8. The first-order valence-electron chi connectivity index (χ1n) is 23.4. The fourth-order valence-electron chi connectivity index (χ4n) is 7.85. The highest BCUT2D eigenvalue weighted by atomic mass is 32.1. The highest BCUT2D eigenvalue weighted by Crippen LogP contribution is 2.47. The smallest absolute Gasteiger partial charge is 0.371 e. The maximum absolute atomic E-state index is 11.3. The molecular formula is C46H90N5O7PS2Si. The first kappa shape index (κ1) is 58.8. The summed E-state index contributed by atoms with van der Waals surface area (Å²) in [5, 5.41) is 17.8. The average molecular weight is 948 g/mol. The predicted molar refractivity (Wildman–Crippen MR) is 271 cm³/mol. The number of hydrogen-bond acceptors (Lipinski definition) is 9. The van der Waals surface area contributed by atoms with Gasteiger partial charge in [0.15, 0.2) is 10.2 Å². The van der Waals surface area contributed by atoms with Crippen molar-refractivity contribution in [3.05, 3.63) is 24.3 Å². The third kappa shape index (κ3) is 21.8. The minimum Gasteiger partial charge on any atom is -0.371 e. The molecule has 362 valence electrons. The predicted octanol–water partition coefficient (Wildman–Crippen LogP) is 11.3. The summed E-state index contributed by atoms with van der Waals surface area (Å²) < 4.78 is 42.0. The zero-order chi connectivity index (χ0) is 47.3. The van der Waals surface area contributed by atoms with Crippen molar-refractivity contribution in [3.8, 4) is 0 Å².